The Kier molecular flexibility index (Phi) is 3.50. The quantitative estimate of drug-likeness (QED) is 0.811. The van der Waals surface area contributed by atoms with Crippen molar-refractivity contribution in [2.75, 3.05) is 25.1 Å². The number of anilines is 1. The van der Waals surface area contributed by atoms with Crippen LogP contribution in [0.15, 0.2) is 18.2 Å². The van der Waals surface area contributed by atoms with E-state index in [9.17, 15) is 4.79 Å². The molecule has 4 atom stereocenters. The molecular formula is C22H30N2O2. The van der Waals surface area contributed by atoms with Gasteiger partial charge in [-0.25, -0.2) is 0 Å². The number of carbonyl (C=O) groups is 1. The summed E-state index contributed by atoms with van der Waals surface area (Å²) in [5, 5.41) is 0. The minimum atomic E-state index is 0.0875. The summed E-state index contributed by atoms with van der Waals surface area (Å²) in [4.78, 5) is 17.6. The van der Waals surface area contributed by atoms with Crippen molar-refractivity contribution in [3.05, 3.63) is 23.8 Å². The van der Waals surface area contributed by atoms with Gasteiger partial charge in [0.05, 0.1) is 12.8 Å². The number of nitrogens with zero attached hydrogens (tertiary/aromatic N) is 2. The van der Waals surface area contributed by atoms with Gasteiger partial charge in [-0.2, -0.15) is 0 Å². The van der Waals surface area contributed by atoms with Crippen LogP contribution in [0.5, 0.6) is 5.75 Å². The Morgan fingerprint density at radius 2 is 2.12 bits per heavy atom. The fourth-order valence-electron chi connectivity index (χ4n) is 7.37. The number of carbonyl (C=O) groups excluding carboxylic acids is 1. The van der Waals surface area contributed by atoms with Crippen LogP contribution >= 0.6 is 0 Å². The summed E-state index contributed by atoms with van der Waals surface area (Å²) >= 11 is 0. The minimum absolute atomic E-state index is 0.0875. The van der Waals surface area contributed by atoms with Crippen molar-refractivity contribution in [2.45, 2.75) is 69.9 Å². The van der Waals surface area contributed by atoms with Gasteiger partial charge in [0, 0.05) is 24.4 Å². The lowest BCUT2D eigenvalue weighted by Gasteiger charge is -2.58. The first-order valence-corrected chi connectivity index (χ1v) is 10.3. The van der Waals surface area contributed by atoms with Crippen molar-refractivity contribution < 1.29 is 9.53 Å². The van der Waals surface area contributed by atoms with E-state index in [2.05, 4.69) is 28.9 Å². The number of benzene rings is 1. The molecule has 4 nitrogen and oxygen atoms in total. The zero-order valence-corrected chi connectivity index (χ0v) is 16.3. The third-order valence-corrected chi connectivity index (χ3v) is 8.19. The zero-order chi connectivity index (χ0) is 18.1. The molecule has 1 spiro atoms. The molecule has 3 aliphatic heterocycles. The third kappa shape index (κ3) is 1.77. The predicted octanol–water partition coefficient (Wildman–Crippen LogP) is 3.73. The highest BCUT2D eigenvalue weighted by Crippen LogP contribution is 2.66. The number of piperidine rings is 1. The van der Waals surface area contributed by atoms with Crippen molar-refractivity contribution in [3.8, 4) is 5.75 Å². The zero-order valence-electron chi connectivity index (χ0n) is 16.3. The average Bonchev–Trinajstić information content (AvgIpc) is 3.19. The van der Waals surface area contributed by atoms with Gasteiger partial charge in [0.25, 0.3) is 0 Å². The van der Waals surface area contributed by atoms with E-state index in [-0.39, 0.29) is 11.3 Å². The van der Waals surface area contributed by atoms with Gasteiger partial charge < -0.3 is 9.64 Å². The molecule has 0 unspecified atom stereocenters. The normalized spacial score (nSPS) is 37.9. The molecule has 5 rings (SSSR count). The van der Waals surface area contributed by atoms with Crippen LogP contribution in [0.3, 0.4) is 0 Å². The molecule has 140 valence electrons. The van der Waals surface area contributed by atoms with E-state index >= 15 is 0 Å². The highest BCUT2D eigenvalue weighted by Gasteiger charge is 2.68. The summed E-state index contributed by atoms with van der Waals surface area (Å²) in [7, 11) is 1.73. The Morgan fingerprint density at radius 1 is 1.27 bits per heavy atom. The maximum atomic E-state index is 12.8. The second-order valence-corrected chi connectivity index (χ2v) is 8.85. The summed E-state index contributed by atoms with van der Waals surface area (Å²) in [6, 6.07) is 7.30. The van der Waals surface area contributed by atoms with Crippen LogP contribution in [-0.4, -0.2) is 43.1 Å². The van der Waals surface area contributed by atoms with Crippen LogP contribution in [0, 0.1) is 5.41 Å². The molecule has 1 saturated carbocycles. The Morgan fingerprint density at radius 3 is 2.85 bits per heavy atom. The molecule has 1 aromatic carbocycles. The number of rotatable bonds is 2. The molecule has 1 amide bonds. The van der Waals surface area contributed by atoms with Crippen LogP contribution in [-0.2, 0) is 10.2 Å². The summed E-state index contributed by atoms with van der Waals surface area (Å²) in [6.07, 6.45) is 7.47. The van der Waals surface area contributed by atoms with Gasteiger partial charge in [0.2, 0.25) is 5.91 Å². The van der Waals surface area contributed by atoms with E-state index in [4.69, 9.17) is 4.74 Å². The fourth-order valence-corrected chi connectivity index (χ4v) is 7.37. The second kappa shape index (κ2) is 5.48. The lowest BCUT2D eigenvalue weighted by atomic mass is 9.52. The standard InChI is InChI=1S/C22H30N2O2/c1-4-21-10-6-13-23-14-12-22(20(21)23)16-7-5-8-17(26-3)19(16)24(15(2)25)18(22)9-11-21/h5,7-8,18,20H,4,6,9-14H2,1-3H3/t18-,20+,21+,22-/m1/s1. The van der Waals surface area contributed by atoms with Gasteiger partial charge >= 0.3 is 0 Å². The Hall–Kier alpha value is -1.55. The number of hydrogen-bond donors (Lipinski definition) is 0. The first kappa shape index (κ1) is 16.6. The van der Waals surface area contributed by atoms with Crippen molar-refractivity contribution in [1.82, 2.24) is 4.90 Å². The SMILES string of the molecule is CC[C@]12CCCN3CC[C@]4(c5cccc(OC)c5N(C(C)=O)[C@@H]4CC1)[C@@H]32. The van der Waals surface area contributed by atoms with E-state index in [0.29, 0.717) is 17.5 Å². The molecule has 0 radical (unpaired) electrons. The first-order valence-electron chi connectivity index (χ1n) is 10.3. The molecule has 0 bridgehead atoms. The van der Waals surface area contributed by atoms with Crippen LogP contribution in [0.1, 0.15) is 57.9 Å². The van der Waals surface area contributed by atoms with Crippen LogP contribution in [0.25, 0.3) is 0 Å². The molecule has 0 N–H and O–H groups in total. The molecule has 26 heavy (non-hydrogen) atoms. The molecule has 2 saturated heterocycles. The molecular weight excluding hydrogens is 324 g/mol. The highest BCUT2D eigenvalue weighted by molar-refractivity contribution is 5.98. The summed E-state index contributed by atoms with van der Waals surface area (Å²) in [5.74, 6) is 1.02. The first-order chi connectivity index (χ1) is 12.6. The largest absolute Gasteiger partial charge is 0.495 e. The lowest BCUT2D eigenvalue weighted by Crippen LogP contribution is -2.65. The topological polar surface area (TPSA) is 32.8 Å². The molecule has 4 heteroatoms. The van der Waals surface area contributed by atoms with Gasteiger partial charge in [0.1, 0.15) is 5.75 Å². The van der Waals surface area contributed by atoms with Crippen molar-refractivity contribution in [1.29, 1.82) is 0 Å². The number of fused-ring (bicyclic) bond motifs is 1. The Balaban J connectivity index is 1.77. The number of methoxy groups -OCH3 is 1. The molecule has 3 fully saturated rings. The molecule has 3 heterocycles. The average molecular weight is 354 g/mol. The lowest BCUT2D eigenvalue weighted by molar-refractivity contribution is -0.118. The monoisotopic (exact) mass is 354 g/mol. The van der Waals surface area contributed by atoms with Gasteiger partial charge in [-0.3, -0.25) is 9.69 Å². The Labute approximate surface area is 156 Å². The molecule has 4 aliphatic rings. The summed E-state index contributed by atoms with van der Waals surface area (Å²) in [5.41, 5.74) is 2.94. The van der Waals surface area contributed by atoms with Crippen molar-refractivity contribution in [2.24, 2.45) is 5.41 Å². The highest BCUT2D eigenvalue weighted by atomic mass is 16.5. The van der Waals surface area contributed by atoms with E-state index in [0.717, 1.165) is 17.9 Å². The van der Waals surface area contributed by atoms with Gasteiger partial charge in [-0.15, -0.1) is 0 Å². The minimum Gasteiger partial charge on any atom is -0.495 e. The van der Waals surface area contributed by atoms with E-state index in [1.807, 2.05) is 6.07 Å². The van der Waals surface area contributed by atoms with Gasteiger partial charge in [-0.1, -0.05) is 19.1 Å². The third-order valence-electron chi connectivity index (χ3n) is 8.19. The second-order valence-electron chi connectivity index (χ2n) is 8.85. The number of amides is 1. The van der Waals surface area contributed by atoms with Gasteiger partial charge in [-0.05, 0) is 68.7 Å². The van der Waals surface area contributed by atoms with Crippen LogP contribution in [0.2, 0.25) is 0 Å². The van der Waals surface area contributed by atoms with E-state index in [1.54, 1.807) is 14.0 Å². The van der Waals surface area contributed by atoms with Crippen molar-refractivity contribution in [3.63, 3.8) is 0 Å². The van der Waals surface area contributed by atoms with Crippen molar-refractivity contribution >= 4 is 11.6 Å². The molecule has 1 aromatic rings. The van der Waals surface area contributed by atoms with Gasteiger partial charge in [0.15, 0.2) is 0 Å². The van der Waals surface area contributed by atoms with E-state index in [1.165, 1.54) is 50.8 Å². The van der Waals surface area contributed by atoms with Crippen LogP contribution < -0.4 is 9.64 Å². The maximum Gasteiger partial charge on any atom is 0.224 e. The number of ether oxygens (including phenoxy) is 1. The summed E-state index contributed by atoms with van der Waals surface area (Å²) < 4.78 is 5.73. The maximum absolute atomic E-state index is 12.8. The summed E-state index contributed by atoms with van der Waals surface area (Å²) in [6.45, 7) is 6.51. The smallest absolute Gasteiger partial charge is 0.224 e. The molecule has 1 aliphatic carbocycles. The molecule has 0 aromatic heterocycles. The Bertz CT molecular complexity index is 763. The van der Waals surface area contributed by atoms with Crippen LogP contribution in [0.4, 0.5) is 5.69 Å². The number of para-hydroxylation sites is 1. The fraction of sp³-hybridized carbons (Fsp3) is 0.682. The predicted molar refractivity (Wildman–Crippen MR) is 103 cm³/mol. The van der Waals surface area contributed by atoms with E-state index < -0.39 is 0 Å². The number of hydrogen-bond acceptors (Lipinski definition) is 3.